The molecular weight excluding hydrogens is 361 g/mol. The molecule has 0 saturated heterocycles. The van der Waals surface area contributed by atoms with Gasteiger partial charge in [0.1, 0.15) is 37.5 Å². The molecule has 7 heteroatoms. The van der Waals surface area contributed by atoms with Crippen LogP contribution in [-0.4, -0.2) is 42.3 Å². The van der Waals surface area contributed by atoms with Gasteiger partial charge in [0.25, 0.3) is 5.92 Å². The van der Waals surface area contributed by atoms with Crippen LogP contribution in [0.3, 0.4) is 0 Å². The third-order valence-corrected chi connectivity index (χ3v) is 3.97. The van der Waals surface area contributed by atoms with Crippen LogP contribution < -0.4 is 9.47 Å². The summed E-state index contributed by atoms with van der Waals surface area (Å²) in [5.74, 6) is -2.56. The molecule has 2 rings (SSSR count). The normalized spacial score (nSPS) is 13.9. The van der Waals surface area contributed by atoms with Gasteiger partial charge < -0.3 is 19.7 Å². The first-order chi connectivity index (χ1) is 12.9. The van der Waals surface area contributed by atoms with Gasteiger partial charge in [-0.3, -0.25) is 0 Å². The van der Waals surface area contributed by atoms with Crippen LogP contribution in [0.1, 0.15) is 24.5 Å². The number of ether oxygens (including phenoxy) is 2. The Morgan fingerprint density at radius 3 is 1.59 bits per heavy atom. The second kappa shape index (κ2) is 9.62. The Labute approximate surface area is 156 Å². The Morgan fingerprint density at radius 1 is 0.815 bits per heavy atom. The van der Waals surface area contributed by atoms with E-state index in [1.807, 2.05) is 6.92 Å². The van der Waals surface area contributed by atoms with Gasteiger partial charge in [0.15, 0.2) is 0 Å². The maximum Gasteiger partial charge on any atom is 0.298 e. The van der Waals surface area contributed by atoms with Crippen LogP contribution in [0, 0.1) is 0 Å². The maximum atomic E-state index is 14.7. The zero-order chi connectivity index (χ0) is 19.9. The number of aliphatic hydroxyl groups excluding tert-OH is 2. The average Bonchev–Trinajstić information content (AvgIpc) is 2.70. The summed E-state index contributed by atoms with van der Waals surface area (Å²) in [5.41, 5.74) is -0.427. The predicted molar refractivity (Wildman–Crippen MR) is 95.1 cm³/mol. The largest absolute Gasteiger partial charge is 0.491 e. The molecular formula is C20H23F3O4. The molecule has 0 aliphatic rings. The van der Waals surface area contributed by atoms with Crippen LogP contribution in [0.5, 0.6) is 11.5 Å². The van der Waals surface area contributed by atoms with Crippen molar-refractivity contribution in [1.82, 2.24) is 0 Å². The molecule has 0 spiro atoms. The first-order valence-electron chi connectivity index (χ1n) is 8.63. The first-order valence-corrected chi connectivity index (χ1v) is 8.63. The van der Waals surface area contributed by atoms with E-state index in [0.717, 1.165) is 0 Å². The standard InChI is InChI=1S/C20H23F3O4/c1-2-16(24)12-26-18-7-3-14(4-8-18)20(22,23)15-5-9-19(10-6-15)27-13-17(25)11-21/h3-10,16-17,24-25H,2,11-13H2,1H3. The molecule has 2 atom stereocenters. The number of benzene rings is 2. The van der Waals surface area contributed by atoms with Gasteiger partial charge in [-0.15, -0.1) is 0 Å². The molecule has 0 aliphatic carbocycles. The van der Waals surface area contributed by atoms with Gasteiger partial charge >= 0.3 is 0 Å². The molecule has 0 radical (unpaired) electrons. The molecule has 0 bridgehead atoms. The second-order valence-corrected chi connectivity index (χ2v) is 6.12. The fraction of sp³-hybridized carbons (Fsp3) is 0.400. The van der Waals surface area contributed by atoms with Gasteiger partial charge in [0.05, 0.1) is 6.10 Å². The fourth-order valence-corrected chi connectivity index (χ4v) is 2.23. The lowest BCUT2D eigenvalue weighted by Gasteiger charge is -2.18. The minimum Gasteiger partial charge on any atom is -0.491 e. The summed E-state index contributed by atoms with van der Waals surface area (Å²) in [6.07, 6.45) is -1.30. The van der Waals surface area contributed by atoms with Crippen LogP contribution in [0.15, 0.2) is 48.5 Å². The minimum atomic E-state index is -3.22. The van der Waals surface area contributed by atoms with Gasteiger partial charge in [-0.05, 0) is 55.0 Å². The van der Waals surface area contributed by atoms with Crippen molar-refractivity contribution in [2.75, 3.05) is 19.9 Å². The van der Waals surface area contributed by atoms with E-state index in [1.54, 1.807) is 0 Å². The van der Waals surface area contributed by atoms with Crippen LogP contribution >= 0.6 is 0 Å². The molecule has 0 amide bonds. The predicted octanol–water partition coefficient (Wildman–Crippen LogP) is 3.69. The number of halogens is 3. The molecule has 2 N–H and O–H groups in total. The number of hydrogen-bond donors (Lipinski definition) is 2. The second-order valence-electron chi connectivity index (χ2n) is 6.12. The Balaban J connectivity index is 2.04. The van der Waals surface area contributed by atoms with Gasteiger partial charge in [-0.1, -0.05) is 6.92 Å². The Kier molecular flexibility index (Phi) is 7.50. The van der Waals surface area contributed by atoms with Crippen molar-refractivity contribution in [2.45, 2.75) is 31.5 Å². The lowest BCUT2D eigenvalue weighted by Crippen LogP contribution is -2.19. The van der Waals surface area contributed by atoms with Gasteiger partial charge in [0, 0.05) is 11.1 Å². The van der Waals surface area contributed by atoms with E-state index >= 15 is 0 Å². The van der Waals surface area contributed by atoms with E-state index in [2.05, 4.69) is 0 Å². The third kappa shape index (κ3) is 5.87. The van der Waals surface area contributed by atoms with Crippen LogP contribution in [0.25, 0.3) is 0 Å². The van der Waals surface area contributed by atoms with Crippen molar-refractivity contribution in [3.05, 3.63) is 59.7 Å². The molecule has 4 nitrogen and oxygen atoms in total. The van der Waals surface area contributed by atoms with Gasteiger partial charge in [-0.2, -0.15) is 8.78 Å². The van der Waals surface area contributed by atoms with E-state index in [4.69, 9.17) is 14.6 Å². The summed E-state index contributed by atoms with van der Waals surface area (Å²) in [7, 11) is 0. The van der Waals surface area contributed by atoms with Crippen molar-refractivity contribution in [3.8, 4) is 11.5 Å². The highest BCUT2D eigenvalue weighted by Gasteiger charge is 2.33. The zero-order valence-corrected chi connectivity index (χ0v) is 14.9. The topological polar surface area (TPSA) is 58.9 Å². The molecule has 27 heavy (non-hydrogen) atoms. The monoisotopic (exact) mass is 384 g/mol. The SMILES string of the molecule is CCC(O)COc1ccc(C(F)(F)c2ccc(OCC(O)CF)cc2)cc1. The Hall–Kier alpha value is -2.25. The molecule has 0 heterocycles. The van der Waals surface area contributed by atoms with E-state index in [9.17, 15) is 18.3 Å². The van der Waals surface area contributed by atoms with Gasteiger partial charge in [0.2, 0.25) is 0 Å². The van der Waals surface area contributed by atoms with E-state index in [-0.39, 0.29) is 30.1 Å². The molecule has 0 aromatic heterocycles. The highest BCUT2D eigenvalue weighted by Crippen LogP contribution is 2.37. The van der Waals surface area contributed by atoms with Crippen LogP contribution in [0.4, 0.5) is 13.2 Å². The number of hydrogen-bond acceptors (Lipinski definition) is 4. The van der Waals surface area contributed by atoms with Crippen LogP contribution in [0.2, 0.25) is 0 Å². The fourth-order valence-electron chi connectivity index (χ4n) is 2.23. The summed E-state index contributed by atoms with van der Waals surface area (Å²) in [6, 6.07) is 10.5. The lowest BCUT2D eigenvalue weighted by atomic mass is 10.0. The Bertz CT molecular complexity index is 630. The molecule has 2 unspecified atom stereocenters. The highest BCUT2D eigenvalue weighted by molar-refractivity contribution is 5.38. The molecule has 148 valence electrons. The molecule has 0 aliphatic heterocycles. The lowest BCUT2D eigenvalue weighted by molar-refractivity contribution is 0.0425. The van der Waals surface area contributed by atoms with E-state index < -0.39 is 24.8 Å². The summed E-state index contributed by atoms with van der Waals surface area (Å²) in [6.45, 7) is 0.732. The maximum absolute atomic E-state index is 14.7. The zero-order valence-electron chi connectivity index (χ0n) is 14.9. The summed E-state index contributed by atoms with van der Waals surface area (Å²) < 4.78 is 52.0. The summed E-state index contributed by atoms with van der Waals surface area (Å²) in [5, 5.41) is 18.6. The minimum absolute atomic E-state index is 0.102. The number of aliphatic hydroxyl groups is 2. The number of alkyl halides is 3. The van der Waals surface area contributed by atoms with Crippen molar-refractivity contribution in [1.29, 1.82) is 0 Å². The molecule has 0 saturated carbocycles. The Morgan fingerprint density at radius 2 is 1.22 bits per heavy atom. The van der Waals surface area contributed by atoms with E-state index in [0.29, 0.717) is 12.2 Å². The van der Waals surface area contributed by atoms with Gasteiger partial charge in [-0.25, -0.2) is 4.39 Å². The van der Waals surface area contributed by atoms with Crippen molar-refractivity contribution in [3.63, 3.8) is 0 Å². The molecule has 2 aromatic carbocycles. The average molecular weight is 384 g/mol. The summed E-state index contributed by atoms with van der Waals surface area (Å²) in [4.78, 5) is 0. The number of rotatable bonds is 10. The third-order valence-electron chi connectivity index (χ3n) is 3.97. The molecule has 2 aromatic rings. The van der Waals surface area contributed by atoms with E-state index in [1.165, 1.54) is 48.5 Å². The van der Waals surface area contributed by atoms with Crippen LogP contribution in [-0.2, 0) is 5.92 Å². The van der Waals surface area contributed by atoms with Crippen molar-refractivity contribution < 1.29 is 32.9 Å². The smallest absolute Gasteiger partial charge is 0.298 e. The highest BCUT2D eigenvalue weighted by atomic mass is 19.3. The quantitative estimate of drug-likeness (QED) is 0.656. The van der Waals surface area contributed by atoms with Crippen molar-refractivity contribution in [2.24, 2.45) is 0 Å². The van der Waals surface area contributed by atoms with Crippen molar-refractivity contribution >= 4 is 0 Å². The summed E-state index contributed by atoms with van der Waals surface area (Å²) >= 11 is 0. The first kappa shape index (κ1) is 21.1. The molecule has 0 fully saturated rings.